The first-order valence-electron chi connectivity index (χ1n) is 7.35. The van der Waals surface area contributed by atoms with Gasteiger partial charge in [-0.25, -0.2) is 12.8 Å². The lowest BCUT2D eigenvalue weighted by Gasteiger charge is -2.22. The summed E-state index contributed by atoms with van der Waals surface area (Å²) in [5, 5.41) is 10.7. The van der Waals surface area contributed by atoms with Crippen molar-refractivity contribution in [2.45, 2.75) is 17.9 Å². The fourth-order valence-corrected chi connectivity index (χ4v) is 3.50. The maximum Gasteiger partial charge on any atom is 0.269 e. The van der Waals surface area contributed by atoms with Crippen molar-refractivity contribution in [3.63, 3.8) is 0 Å². The predicted octanol–water partition coefficient (Wildman–Crippen LogP) is 2.78. The highest BCUT2D eigenvalue weighted by molar-refractivity contribution is 7.89. The number of sulfonamides is 1. The number of aryl methyl sites for hydroxylation is 1. The van der Waals surface area contributed by atoms with Crippen molar-refractivity contribution in [1.29, 1.82) is 0 Å². The molecule has 142 valence electrons. The monoisotopic (exact) mass is 403 g/mol. The van der Waals surface area contributed by atoms with E-state index in [1.807, 2.05) is 0 Å². The molecule has 0 aliphatic rings. The minimum Gasteiger partial charge on any atom is -0.323 e. The van der Waals surface area contributed by atoms with Crippen molar-refractivity contribution in [3.8, 4) is 0 Å². The summed E-state index contributed by atoms with van der Waals surface area (Å²) in [6.45, 7) is 1.58. The Labute approximate surface area is 157 Å². The second-order valence-corrected chi connectivity index (χ2v) is 7.70. The Kier molecular flexibility index (Phi) is 7.22. The van der Waals surface area contributed by atoms with E-state index in [0.717, 1.165) is 16.4 Å². The number of nitro benzene ring substituents is 1. The zero-order valence-corrected chi connectivity index (χ0v) is 15.8. The van der Waals surface area contributed by atoms with Gasteiger partial charge in [0.25, 0.3) is 5.69 Å². The summed E-state index contributed by atoms with van der Waals surface area (Å²) in [7, 11) is -2.48. The van der Waals surface area contributed by atoms with Crippen LogP contribution in [-0.2, 0) is 10.0 Å². The van der Waals surface area contributed by atoms with Crippen LogP contribution in [0.4, 0.5) is 10.1 Å². The first-order chi connectivity index (χ1) is 11.6. The molecule has 1 atom stereocenters. The highest BCUT2D eigenvalue weighted by Crippen LogP contribution is 2.21. The molecule has 2 aromatic carbocycles. The Morgan fingerprint density at radius 2 is 1.81 bits per heavy atom. The zero-order chi connectivity index (χ0) is 18.8. The van der Waals surface area contributed by atoms with Crippen molar-refractivity contribution in [3.05, 3.63) is 69.5 Å². The van der Waals surface area contributed by atoms with Crippen LogP contribution in [0.2, 0.25) is 0 Å². The molecular formula is C16H19ClFN3O4S. The van der Waals surface area contributed by atoms with Crippen molar-refractivity contribution in [2.75, 3.05) is 13.6 Å². The fourth-order valence-electron chi connectivity index (χ4n) is 2.30. The molecule has 0 heterocycles. The highest BCUT2D eigenvalue weighted by Gasteiger charge is 2.24. The summed E-state index contributed by atoms with van der Waals surface area (Å²) < 4.78 is 39.5. The molecule has 7 nitrogen and oxygen atoms in total. The number of nitrogens with two attached hydrogens (primary N) is 1. The molecule has 2 N–H and O–H groups in total. The maximum absolute atomic E-state index is 13.3. The molecule has 0 spiro atoms. The number of non-ortho nitro benzene ring substituents is 1. The Bertz CT molecular complexity index is 891. The van der Waals surface area contributed by atoms with E-state index in [2.05, 4.69) is 0 Å². The van der Waals surface area contributed by atoms with E-state index in [9.17, 15) is 22.9 Å². The first-order valence-corrected chi connectivity index (χ1v) is 8.79. The van der Waals surface area contributed by atoms with Gasteiger partial charge in [-0.3, -0.25) is 10.1 Å². The number of hydrogen-bond donors (Lipinski definition) is 1. The van der Waals surface area contributed by atoms with Gasteiger partial charge in [0.2, 0.25) is 10.0 Å². The van der Waals surface area contributed by atoms with Crippen LogP contribution in [0.1, 0.15) is 17.2 Å². The van der Waals surface area contributed by atoms with Gasteiger partial charge in [0.15, 0.2) is 0 Å². The van der Waals surface area contributed by atoms with Crippen molar-refractivity contribution < 1.29 is 17.7 Å². The molecule has 0 aliphatic heterocycles. The Morgan fingerprint density at radius 3 is 2.31 bits per heavy atom. The van der Waals surface area contributed by atoms with E-state index in [0.29, 0.717) is 11.1 Å². The number of nitro groups is 1. The molecule has 0 aromatic heterocycles. The average molecular weight is 404 g/mol. The molecule has 0 saturated heterocycles. The van der Waals surface area contributed by atoms with E-state index in [1.54, 1.807) is 13.0 Å². The lowest BCUT2D eigenvalue weighted by Crippen LogP contribution is -2.34. The van der Waals surface area contributed by atoms with Gasteiger partial charge in [-0.1, -0.05) is 12.1 Å². The molecular weight excluding hydrogens is 385 g/mol. The molecule has 10 heteroatoms. The van der Waals surface area contributed by atoms with E-state index in [-0.39, 0.29) is 35.4 Å². The summed E-state index contributed by atoms with van der Waals surface area (Å²) in [6.07, 6.45) is 0. The molecule has 26 heavy (non-hydrogen) atoms. The molecule has 0 amide bonds. The third kappa shape index (κ3) is 4.76. The zero-order valence-electron chi connectivity index (χ0n) is 14.1. The third-order valence-electron chi connectivity index (χ3n) is 3.82. The normalized spacial score (nSPS) is 12.5. The summed E-state index contributed by atoms with van der Waals surface area (Å²) >= 11 is 0. The summed E-state index contributed by atoms with van der Waals surface area (Å²) in [4.78, 5) is 9.98. The summed E-state index contributed by atoms with van der Waals surface area (Å²) in [5.41, 5.74) is 6.88. The van der Waals surface area contributed by atoms with Crippen molar-refractivity contribution in [1.82, 2.24) is 4.31 Å². The average Bonchev–Trinajstić information content (AvgIpc) is 2.57. The van der Waals surface area contributed by atoms with Crippen LogP contribution in [0.3, 0.4) is 0 Å². The molecule has 2 rings (SSSR count). The second kappa shape index (κ2) is 8.54. The molecule has 0 saturated carbocycles. The van der Waals surface area contributed by atoms with Gasteiger partial charge in [-0.05, 0) is 36.2 Å². The molecule has 0 radical (unpaired) electrons. The quantitative estimate of drug-likeness (QED) is 0.589. The van der Waals surface area contributed by atoms with Crippen LogP contribution in [0.5, 0.6) is 0 Å². The molecule has 0 aliphatic carbocycles. The number of rotatable bonds is 6. The van der Waals surface area contributed by atoms with E-state index in [4.69, 9.17) is 5.73 Å². The molecule has 0 bridgehead atoms. The topological polar surface area (TPSA) is 107 Å². The van der Waals surface area contributed by atoms with Gasteiger partial charge < -0.3 is 5.73 Å². The number of benzene rings is 2. The Hall–Kier alpha value is -2.07. The van der Waals surface area contributed by atoms with Crippen molar-refractivity contribution >= 4 is 28.1 Å². The SMILES string of the molecule is Cc1cc([C@H](N)CN(C)S(=O)(=O)c2ccc([N+](=O)[O-])cc2)ccc1F.Cl. The standard InChI is InChI=1S/C16H18FN3O4S.ClH/c1-11-9-12(3-8-15(11)17)16(18)10-19(2)25(23,24)14-6-4-13(5-7-14)20(21)22;/h3-9,16H,10,18H2,1-2H3;1H/t16-;/m1./s1. The smallest absolute Gasteiger partial charge is 0.269 e. The van der Waals surface area contributed by atoms with E-state index >= 15 is 0 Å². The summed E-state index contributed by atoms with van der Waals surface area (Å²) in [5.74, 6) is -0.359. The number of hydrogen-bond acceptors (Lipinski definition) is 5. The number of halogens is 2. The van der Waals surface area contributed by atoms with Crippen LogP contribution in [-0.4, -0.2) is 31.2 Å². The van der Waals surface area contributed by atoms with Gasteiger partial charge in [0, 0.05) is 31.8 Å². The largest absolute Gasteiger partial charge is 0.323 e. The number of likely N-dealkylation sites (N-methyl/N-ethyl adjacent to an activating group) is 1. The van der Waals surface area contributed by atoms with Gasteiger partial charge in [-0.15, -0.1) is 12.4 Å². The highest BCUT2D eigenvalue weighted by atomic mass is 35.5. The lowest BCUT2D eigenvalue weighted by molar-refractivity contribution is -0.384. The second-order valence-electron chi connectivity index (χ2n) is 5.65. The van der Waals surface area contributed by atoms with E-state index in [1.165, 1.54) is 31.3 Å². The van der Waals surface area contributed by atoms with E-state index < -0.39 is 21.0 Å². The summed E-state index contributed by atoms with van der Waals surface area (Å²) in [6, 6.07) is 8.35. The Balaban J connectivity index is 0.00000338. The molecule has 2 aromatic rings. The van der Waals surface area contributed by atoms with Crippen LogP contribution in [0.15, 0.2) is 47.4 Å². The van der Waals surface area contributed by atoms with Crippen LogP contribution in [0.25, 0.3) is 0 Å². The predicted molar refractivity (Wildman–Crippen MR) is 98.2 cm³/mol. The van der Waals surface area contributed by atoms with Crippen LogP contribution >= 0.6 is 12.4 Å². The van der Waals surface area contributed by atoms with Gasteiger partial charge in [-0.2, -0.15) is 4.31 Å². The van der Waals surface area contributed by atoms with Gasteiger partial charge >= 0.3 is 0 Å². The lowest BCUT2D eigenvalue weighted by atomic mass is 10.0. The van der Waals surface area contributed by atoms with Crippen molar-refractivity contribution in [2.24, 2.45) is 5.73 Å². The fraction of sp³-hybridized carbons (Fsp3) is 0.250. The maximum atomic E-state index is 13.3. The van der Waals surface area contributed by atoms with Crippen LogP contribution in [0, 0.1) is 22.9 Å². The molecule has 0 unspecified atom stereocenters. The number of nitrogens with zero attached hydrogens (tertiary/aromatic N) is 2. The van der Waals surface area contributed by atoms with Gasteiger partial charge in [0.1, 0.15) is 5.82 Å². The minimum atomic E-state index is -3.85. The van der Waals surface area contributed by atoms with Gasteiger partial charge in [0.05, 0.1) is 9.82 Å². The molecule has 0 fully saturated rings. The third-order valence-corrected chi connectivity index (χ3v) is 5.66. The van der Waals surface area contributed by atoms with Crippen LogP contribution < -0.4 is 5.73 Å². The Morgan fingerprint density at radius 1 is 1.23 bits per heavy atom. The minimum absolute atomic E-state index is 0. The first kappa shape index (κ1) is 22.0.